The van der Waals surface area contributed by atoms with Gasteiger partial charge in [0.25, 0.3) is 0 Å². The minimum absolute atomic E-state index is 0.130. The number of allylic oxidation sites excluding steroid dienone is 2. The van der Waals surface area contributed by atoms with E-state index in [1.54, 1.807) is 18.2 Å². The highest BCUT2D eigenvalue weighted by atomic mass is 16.2. The van der Waals surface area contributed by atoms with E-state index in [4.69, 9.17) is 5.26 Å². The lowest BCUT2D eigenvalue weighted by Gasteiger charge is -2.08. The summed E-state index contributed by atoms with van der Waals surface area (Å²) in [5.41, 5.74) is 1.15. The van der Waals surface area contributed by atoms with Crippen LogP contribution in [0.3, 0.4) is 0 Å². The average molecular weight is 159 g/mol. The van der Waals surface area contributed by atoms with Crippen LogP contribution in [0.15, 0.2) is 28.8 Å². The molecule has 1 unspecified atom stereocenters. The molecule has 0 saturated heterocycles. The van der Waals surface area contributed by atoms with Crippen molar-refractivity contribution in [2.24, 2.45) is 4.99 Å². The topological polar surface area (TPSA) is 65.2 Å². The molecular formula is C8H5N3O. The van der Waals surface area contributed by atoms with E-state index in [9.17, 15) is 4.79 Å². The molecule has 0 fully saturated rings. The zero-order valence-corrected chi connectivity index (χ0v) is 6.11. The molecule has 1 atom stereocenters. The fraction of sp³-hybridized carbons (Fsp3) is 0.125. The van der Waals surface area contributed by atoms with Crippen LogP contribution in [0.5, 0.6) is 0 Å². The van der Waals surface area contributed by atoms with E-state index >= 15 is 0 Å². The van der Waals surface area contributed by atoms with Gasteiger partial charge in [-0.2, -0.15) is 10.3 Å². The van der Waals surface area contributed by atoms with Gasteiger partial charge in [0, 0.05) is 0 Å². The predicted octanol–water partition coefficient (Wildman–Crippen LogP) is 0.539. The van der Waals surface area contributed by atoms with Crippen molar-refractivity contribution in [2.45, 2.75) is 6.04 Å². The molecule has 58 valence electrons. The van der Waals surface area contributed by atoms with E-state index in [0.29, 0.717) is 11.3 Å². The number of aliphatic imine (C=N–C) groups is 1. The zero-order chi connectivity index (χ0) is 8.55. The maximum absolute atomic E-state index is 10.8. The third-order valence-corrected chi connectivity index (χ3v) is 1.73. The number of carbonyl (C=O) groups excluding carboxylic acids is 1. The van der Waals surface area contributed by atoms with Crippen LogP contribution < -0.4 is 5.32 Å². The highest BCUT2D eigenvalue weighted by Gasteiger charge is 2.24. The molecule has 2 rings (SSSR count). The van der Waals surface area contributed by atoms with Crippen molar-refractivity contribution in [1.82, 2.24) is 5.32 Å². The highest BCUT2D eigenvalue weighted by molar-refractivity contribution is 6.13. The monoisotopic (exact) mass is 159 g/mol. The normalized spacial score (nSPS) is 25.2. The molecule has 1 N–H and O–H groups in total. The maximum atomic E-state index is 10.8. The van der Waals surface area contributed by atoms with E-state index in [1.165, 1.54) is 0 Å². The van der Waals surface area contributed by atoms with Crippen molar-refractivity contribution in [3.8, 4) is 6.07 Å². The largest absolute Gasteiger partial charge is 0.342 e. The van der Waals surface area contributed by atoms with E-state index in [0.717, 1.165) is 0 Å². The first kappa shape index (κ1) is 6.80. The van der Waals surface area contributed by atoms with Gasteiger partial charge in [-0.1, -0.05) is 6.08 Å². The SMILES string of the molecule is N#CC1=CC2=NC(=O)NC2C=C1. The molecule has 1 heterocycles. The van der Waals surface area contributed by atoms with Gasteiger partial charge in [-0.15, -0.1) is 0 Å². The van der Waals surface area contributed by atoms with Gasteiger partial charge in [-0.25, -0.2) is 4.79 Å². The van der Waals surface area contributed by atoms with E-state index in [-0.39, 0.29) is 12.1 Å². The van der Waals surface area contributed by atoms with Gasteiger partial charge in [-0.05, 0) is 12.2 Å². The number of hydrogen-bond acceptors (Lipinski definition) is 2. The molecular weight excluding hydrogens is 154 g/mol. The van der Waals surface area contributed by atoms with E-state index in [1.807, 2.05) is 6.07 Å². The lowest BCUT2D eigenvalue weighted by Crippen LogP contribution is -2.30. The lowest BCUT2D eigenvalue weighted by molar-refractivity contribution is 0.251. The van der Waals surface area contributed by atoms with Crippen LogP contribution in [0.2, 0.25) is 0 Å². The van der Waals surface area contributed by atoms with Crippen molar-refractivity contribution in [3.05, 3.63) is 23.8 Å². The fourth-order valence-electron chi connectivity index (χ4n) is 1.17. The minimum Gasteiger partial charge on any atom is -0.324 e. The molecule has 0 aromatic carbocycles. The van der Waals surface area contributed by atoms with Gasteiger partial charge in [0.05, 0.1) is 23.4 Å². The molecule has 12 heavy (non-hydrogen) atoms. The average Bonchev–Trinajstić information content (AvgIpc) is 2.43. The summed E-state index contributed by atoms with van der Waals surface area (Å²) in [6.07, 6.45) is 5.04. The number of carbonyl (C=O) groups is 1. The molecule has 0 bridgehead atoms. The van der Waals surface area contributed by atoms with Crippen molar-refractivity contribution >= 4 is 11.7 Å². The quantitative estimate of drug-likeness (QED) is 0.560. The Balaban J connectivity index is 2.39. The zero-order valence-electron chi connectivity index (χ0n) is 6.11. The molecule has 0 aromatic heterocycles. The summed E-state index contributed by atoms with van der Waals surface area (Å²) in [5.74, 6) is 0. The third-order valence-electron chi connectivity index (χ3n) is 1.73. The number of hydrogen-bond donors (Lipinski definition) is 1. The number of urea groups is 1. The van der Waals surface area contributed by atoms with Crippen LogP contribution in [0.4, 0.5) is 4.79 Å². The number of nitrogens with zero attached hydrogens (tertiary/aromatic N) is 2. The van der Waals surface area contributed by atoms with Gasteiger partial charge in [0.2, 0.25) is 0 Å². The third kappa shape index (κ3) is 0.920. The minimum atomic E-state index is -0.338. The molecule has 4 nitrogen and oxygen atoms in total. The molecule has 0 spiro atoms. The first-order valence-electron chi connectivity index (χ1n) is 3.48. The predicted molar refractivity (Wildman–Crippen MR) is 42.6 cm³/mol. The molecule has 4 heteroatoms. The Morgan fingerprint density at radius 1 is 1.67 bits per heavy atom. The molecule has 0 radical (unpaired) electrons. The van der Waals surface area contributed by atoms with Crippen LogP contribution in [0.25, 0.3) is 0 Å². The van der Waals surface area contributed by atoms with Crippen LogP contribution in [0, 0.1) is 11.3 Å². The summed E-state index contributed by atoms with van der Waals surface area (Å²) in [4.78, 5) is 14.5. The van der Waals surface area contributed by atoms with Crippen LogP contribution in [-0.4, -0.2) is 17.8 Å². The Kier molecular flexibility index (Phi) is 1.31. The fourth-order valence-corrected chi connectivity index (χ4v) is 1.17. The molecule has 0 aromatic rings. The summed E-state index contributed by atoms with van der Waals surface area (Å²) in [6, 6.07) is 1.52. The van der Waals surface area contributed by atoms with Crippen molar-refractivity contribution < 1.29 is 4.79 Å². The second kappa shape index (κ2) is 2.31. The Bertz CT molecular complexity index is 370. The van der Waals surface area contributed by atoms with Gasteiger partial charge in [0.1, 0.15) is 0 Å². The highest BCUT2D eigenvalue weighted by Crippen LogP contribution is 2.12. The van der Waals surface area contributed by atoms with Crippen molar-refractivity contribution in [3.63, 3.8) is 0 Å². The number of fused-ring (bicyclic) bond motifs is 1. The van der Waals surface area contributed by atoms with Gasteiger partial charge >= 0.3 is 6.03 Å². The smallest absolute Gasteiger partial charge is 0.324 e. The van der Waals surface area contributed by atoms with Crippen LogP contribution in [0.1, 0.15) is 0 Å². The first-order chi connectivity index (χ1) is 5.79. The molecule has 2 amide bonds. The maximum Gasteiger partial charge on any atom is 0.342 e. The number of nitriles is 1. The first-order valence-corrected chi connectivity index (χ1v) is 3.48. The Morgan fingerprint density at radius 3 is 3.25 bits per heavy atom. The summed E-state index contributed by atoms with van der Waals surface area (Å²) in [5, 5.41) is 11.2. The van der Waals surface area contributed by atoms with E-state index in [2.05, 4.69) is 10.3 Å². The summed E-state index contributed by atoms with van der Waals surface area (Å²) < 4.78 is 0. The van der Waals surface area contributed by atoms with Gasteiger partial charge in [-0.3, -0.25) is 0 Å². The summed E-state index contributed by atoms with van der Waals surface area (Å²) in [7, 11) is 0. The Morgan fingerprint density at radius 2 is 2.50 bits per heavy atom. The van der Waals surface area contributed by atoms with Crippen molar-refractivity contribution in [1.29, 1.82) is 5.26 Å². The molecule has 0 saturated carbocycles. The van der Waals surface area contributed by atoms with Crippen LogP contribution >= 0.6 is 0 Å². The number of nitrogens with one attached hydrogen (secondary N) is 1. The summed E-state index contributed by atoms with van der Waals surface area (Å²) >= 11 is 0. The Hall–Kier alpha value is -1.89. The lowest BCUT2D eigenvalue weighted by atomic mass is 10.0. The molecule has 1 aliphatic carbocycles. The number of rotatable bonds is 0. The van der Waals surface area contributed by atoms with Crippen LogP contribution in [-0.2, 0) is 0 Å². The molecule has 2 aliphatic rings. The second-order valence-corrected chi connectivity index (χ2v) is 2.53. The van der Waals surface area contributed by atoms with E-state index < -0.39 is 0 Å². The number of amides is 2. The van der Waals surface area contributed by atoms with Gasteiger partial charge in [0.15, 0.2) is 0 Å². The molecule has 1 aliphatic heterocycles. The Labute approximate surface area is 68.9 Å². The van der Waals surface area contributed by atoms with Crippen molar-refractivity contribution in [2.75, 3.05) is 0 Å². The standard InChI is InChI=1S/C8H5N3O/c9-4-5-1-2-6-7(3-5)11-8(12)10-6/h1-3,6H,(H,10,12). The second-order valence-electron chi connectivity index (χ2n) is 2.53. The summed E-state index contributed by atoms with van der Waals surface area (Å²) in [6.45, 7) is 0. The van der Waals surface area contributed by atoms with Gasteiger partial charge < -0.3 is 5.32 Å².